The van der Waals surface area contributed by atoms with Gasteiger partial charge in [-0.3, -0.25) is 14.4 Å². The number of carbonyl (C=O) groups is 4. The molecule has 0 spiro atoms. The maximum atomic E-state index is 13.0. The third-order valence-electron chi connectivity index (χ3n) is 3.72. The van der Waals surface area contributed by atoms with Gasteiger partial charge in [-0.2, -0.15) is 0 Å². The number of esters is 3. The molecule has 154 valence electrons. The standard InChI is InChI=1S/C19H23ClO8/c1-4-26-14(21)11-19(25,18(24)28-6-3)15(17(23)27-5-2)16(22)12-8-7-9-13(20)10-12/h7-10,15,25H,4-6,11H2,1-3H3. The van der Waals surface area contributed by atoms with Crippen LogP contribution in [0.1, 0.15) is 37.6 Å². The summed E-state index contributed by atoms with van der Waals surface area (Å²) in [6.45, 7) is 4.21. The maximum absolute atomic E-state index is 13.0. The molecule has 0 aliphatic heterocycles. The van der Waals surface area contributed by atoms with Crippen LogP contribution in [0.15, 0.2) is 24.3 Å². The zero-order valence-corrected chi connectivity index (χ0v) is 16.7. The Balaban J connectivity index is 3.49. The first kappa shape index (κ1) is 23.6. The van der Waals surface area contributed by atoms with Gasteiger partial charge in [0.25, 0.3) is 0 Å². The zero-order chi connectivity index (χ0) is 21.3. The molecule has 1 N–H and O–H groups in total. The number of Topliss-reactive ketones (excluding diaryl/α,β-unsaturated/α-hetero) is 1. The molecular weight excluding hydrogens is 392 g/mol. The molecule has 28 heavy (non-hydrogen) atoms. The smallest absolute Gasteiger partial charge is 0.340 e. The zero-order valence-electron chi connectivity index (χ0n) is 15.9. The number of ketones is 1. The van der Waals surface area contributed by atoms with Crippen LogP contribution in [0.4, 0.5) is 0 Å². The molecule has 1 rings (SSSR count). The van der Waals surface area contributed by atoms with Crippen LogP contribution in [0.3, 0.4) is 0 Å². The van der Waals surface area contributed by atoms with E-state index in [4.69, 9.17) is 25.8 Å². The summed E-state index contributed by atoms with van der Waals surface area (Å²) in [7, 11) is 0. The van der Waals surface area contributed by atoms with Gasteiger partial charge in [-0.15, -0.1) is 0 Å². The van der Waals surface area contributed by atoms with E-state index >= 15 is 0 Å². The number of aliphatic hydroxyl groups is 1. The molecule has 0 aromatic heterocycles. The molecule has 0 saturated heterocycles. The summed E-state index contributed by atoms with van der Waals surface area (Å²) in [5.41, 5.74) is -2.86. The van der Waals surface area contributed by atoms with Crippen molar-refractivity contribution in [2.24, 2.45) is 5.92 Å². The van der Waals surface area contributed by atoms with E-state index in [9.17, 15) is 24.3 Å². The van der Waals surface area contributed by atoms with E-state index in [1.165, 1.54) is 45.0 Å². The normalized spacial score (nSPS) is 13.8. The molecule has 1 aromatic carbocycles. The summed E-state index contributed by atoms with van der Waals surface area (Å²) in [6, 6.07) is 5.60. The van der Waals surface area contributed by atoms with E-state index < -0.39 is 41.6 Å². The summed E-state index contributed by atoms with van der Waals surface area (Å²) < 4.78 is 14.5. The largest absolute Gasteiger partial charge is 0.466 e. The summed E-state index contributed by atoms with van der Waals surface area (Å²) in [5, 5.41) is 11.2. The highest BCUT2D eigenvalue weighted by molar-refractivity contribution is 6.31. The quantitative estimate of drug-likeness (QED) is 0.267. The third kappa shape index (κ3) is 5.77. The van der Waals surface area contributed by atoms with Crippen LogP contribution in [0.25, 0.3) is 0 Å². The second kappa shape index (κ2) is 10.8. The van der Waals surface area contributed by atoms with Crippen molar-refractivity contribution in [2.75, 3.05) is 19.8 Å². The number of halogens is 1. The molecule has 0 radical (unpaired) electrons. The number of hydrogen-bond donors (Lipinski definition) is 1. The first-order valence-electron chi connectivity index (χ1n) is 8.72. The predicted octanol–water partition coefficient (Wildman–Crippen LogP) is 1.95. The first-order chi connectivity index (χ1) is 13.2. The van der Waals surface area contributed by atoms with E-state index in [1.807, 2.05) is 0 Å². The molecule has 9 heteroatoms. The lowest BCUT2D eigenvalue weighted by molar-refractivity contribution is -0.182. The SMILES string of the molecule is CCOC(=O)CC(O)(C(=O)OCC)C(C(=O)OCC)C(=O)c1cccc(Cl)c1. The van der Waals surface area contributed by atoms with E-state index in [-0.39, 0.29) is 30.4 Å². The Hall–Kier alpha value is -2.45. The van der Waals surface area contributed by atoms with E-state index in [0.29, 0.717) is 0 Å². The minimum atomic E-state index is -2.81. The Morgan fingerprint density at radius 2 is 1.64 bits per heavy atom. The van der Waals surface area contributed by atoms with Gasteiger partial charge in [0.1, 0.15) is 0 Å². The maximum Gasteiger partial charge on any atom is 0.340 e. The highest BCUT2D eigenvalue weighted by atomic mass is 35.5. The number of hydrogen-bond acceptors (Lipinski definition) is 8. The van der Waals surface area contributed by atoms with E-state index in [0.717, 1.165) is 0 Å². The Morgan fingerprint density at radius 3 is 2.18 bits per heavy atom. The third-order valence-corrected chi connectivity index (χ3v) is 3.95. The van der Waals surface area contributed by atoms with Gasteiger partial charge in [0, 0.05) is 10.6 Å². The van der Waals surface area contributed by atoms with Crippen molar-refractivity contribution in [1.82, 2.24) is 0 Å². The Kier molecular flexibility index (Phi) is 9.08. The van der Waals surface area contributed by atoms with E-state index in [1.54, 1.807) is 0 Å². The van der Waals surface area contributed by atoms with Crippen LogP contribution >= 0.6 is 11.6 Å². The first-order valence-corrected chi connectivity index (χ1v) is 9.10. The number of ether oxygens (including phenoxy) is 3. The Morgan fingerprint density at radius 1 is 1.04 bits per heavy atom. The molecule has 0 bridgehead atoms. The topological polar surface area (TPSA) is 116 Å². The average molecular weight is 415 g/mol. The molecule has 0 saturated carbocycles. The fraction of sp³-hybridized carbons (Fsp3) is 0.474. The van der Waals surface area contributed by atoms with Gasteiger partial charge in [0.15, 0.2) is 17.3 Å². The van der Waals surface area contributed by atoms with Gasteiger partial charge in [-0.05, 0) is 32.9 Å². The Bertz CT molecular complexity index is 732. The molecule has 8 nitrogen and oxygen atoms in total. The van der Waals surface area contributed by atoms with Crippen LogP contribution < -0.4 is 0 Å². The fourth-order valence-corrected chi connectivity index (χ4v) is 2.72. The molecule has 0 heterocycles. The molecular formula is C19H23ClO8. The van der Waals surface area contributed by atoms with Gasteiger partial charge in [0.2, 0.25) is 0 Å². The average Bonchev–Trinajstić information content (AvgIpc) is 2.62. The van der Waals surface area contributed by atoms with Crippen LogP contribution in [0.5, 0.6) is 0 Å². The van der Waals surface area contributed by atoms with Crippen molar-refractivity contribution in [2.45, 2.75) is 32.8 Å². The molecule has 2 atom stereocenters. The lowest BCUT2D eigenvalue weighted by atomic mass is 9.79. The predicted molar refractivity (Wildman–Crippen MR) is 98.7 cm³/mol. The van der Waals surface area contributed by atoms with Gasteiger partial charge >= 0.3 is 17.9 Å². The summed E-state index contributed by atoms with van der Waals surface area (Å²) in [5.74, 6) is -6.45. The van der Waals surface area contributed by atoms with Crippen molar-refractivity contribution >= 4 is 35.3 Å². The lowest BCUT2D eigenvalue weighted by Gasteiger charge is -2.30. The Labute approximate surface area is 167 Å². The van der Waals surface area contributed by atoms with Gasteiger partial charge < -0.3 is 19.3 Å². The summed E-state index contributed by atoms with van der Waals surface area (Å²) in [6.07, 6.45) is -0.963. The second-order valence-electron chi connectivity index (χ2n) is 5.69. The molecule has 1 aromatic rings. The van der Waals surface area contributed by atoms with Crippen molar-refractivity contribution in [3.63, 3.8) is 0 Å². The minimum absolute atomic E-state index is 0.0238. The molecule has 0 aliphatic carbocycles. The van der Waals surface area contributed by atoms with Crippen molar-refractivity contribution < 1.29 is 38.5 Å². The van der Waals surface area contributed by atoms with E-state index in [2.05, 4.69) is 0 Å². The minimum Gasteiger partial charge on any atom is -0.466 e. The number of carbonyl (C=O) groups excluding carboxylic acids is 4. The van der Waals surface area contributed by atoms with Gasteiger partial charge in [-0.25, -0.2) is 4.79 Å². The molecule has 2 unspecified atom stereocenters. The highest BCUT2D eigenvalue weighted by Gasteiger charge is 2.55. The number of benzene rings is 1. The van der Waals surface area contributed by atoms with Crippen LogP contribution in [-0.2, 0) is 28.6 Å². The molecule has 0 fully saturated rings. The van der Waals surface area contributed by atoms with Crippen molar-refractivity contribution in [3.05, 3.63) is 34.9 Å². The van der Waals surface area contributed by atoms with Crippen LogP contribution in [-0.4, -0.2) is 54.2 Å². The number of rotatable bonds is 10. The molecule has 0 amide bonds. The summed E-state index contributed by atoms with van der Waals surface area (Å²) in [4.78, 5) is 50.1. The fourth-order valence-electron chi connectivity index (χ4n) is 2.53. The van der Waals surface area contributed by atoms with Crippen LogP contribution in [0.2, 0.25) is 5.02 Å². The highest BCUT2D eigenvalue weighted by Crippen LogP contribution is 2.30. The van der Waals surface area contributed by atoms with Gasteiger partial charge in [0.05, 0.1) is 26.2 Å². The van der Waals surface area contributed by atoms with Crippen molar-refractivity contribution in [3.8, 4) is 0 Å². The van der Waals surface area contributed by atoms with Gasteiger partial charge in [-0.1, -0.05) is 23.7 Å². The summed E-state index contributed by atoms with van der Waals surface area (Å²) >= 11 is 5.89. The van der Waals surface area contributed by atoms with Crippen molar-refractivity contribution in [1.29, 1.82) is 0 Å². The monoisotopic (exact) mass is 414 g/mol. The second-order valence-corrected chi connectivity index (χ2v) is 6.12. The lowest BCUT2D eigenvalue weighted by Crippen LogP contribution is -2.55. The molecule has 0 aliphatic rings. The van der Waals surface area contributed by atoms with Crippen LogP contribution in [0, 0.1) is 5.92 Å².